The second-order valence-electron chi connectivity index (χ2n) is 4.64. The first-order chi connectivity index (χ1) is 8.74. The average molecular weight is 249 g/mol. The molecular weight excluding hydrogens is 230 g/mol. The van der Waals surface area contributed by atoms with Crippen LogP contribution < -0.4 is 4.90 Å². The topological polar surface area (TPSA) is 55.3 Å². The zero-order chi connectivity index (χ0) is 13.0. The predicted molar refractivity (Wildman–Crippen MR) is 68.6 cm³/mol. The number of carbonyl (C=O) groups is 1. The van der Waals surface area contributed by atoms with Gasteiger partial charge >= 0.3 is 5.97 Å². The predicted octanol–water partition coefficient (Wildman–Crippen LogP) is 1.89. The molecule has 0 bridgehead atoms. The van der Waals surface area contributed by atoms with Gasteiger partial charge in [-0.2, -0.15) is 0 Å². The molecule has 0 radical (unpaired) electrons. The number of carbonyl (C=O) groups excluding carboxylic acids is 1. The van der Waals surface area contributed by atoms with Crippen molar-refractivity contribution < 1.29 is 9.53 Å². The van der Waals surface area contributed by atoms with Gasteiger partial charge in [-0.05, 0) is 25.2 Å². The van der Waals surface area contributed by atoms with Gasteiger partial charge in [-0.1, -0.05) is 6.92 Å². The Morgan fingerprint density at radius 2 is 2.28 bits per heavy atom. The molecular formula is C13H19N3O2. The summed E-state index contributed by atoms with van der Waals surface area (Å²) in [5.74, 6) is 1.11. The molecule has 2 rings (SSSR count). The molecule has 1 fully saturated rings. The van der Waals surface area contributed by atoms with Crippen molar-refractivity contribution in [1.29, 1.82) is 0 Å². The molecule has 0 amide bonds. The maximum atomic E-state index is 11.4. The van der Waals surface area contributed by atoms with E-state index in [9.17, 15) is 4.79 Å². The molecule has 0 atom stereocenters. The number of anilines is 1. The van der Waals surface area contributed by atoms with E-state index in [0.717, 1.165) is 31.2 Å². The van der Waals surface area contributed by atoms with Gasteiger partial charge in [0.15, 0.2) is 5.69 Å². The van der Waals surface area contributed by atoms with Crippen molar-refractivity contribution in [1.82, 2.24) is 9.97 Å². The molecule has 1 saturated carbocycles. The normalized spacial score (nSPS) is 14.3. The molecule has 1 aromatic heterocycles. The maximum absolute atomic E-state index is 11.4. The molecule has 0 unspecified atom stereocenters. The van der Waals surface area contributed by atoms with Crippen LogP contribution in [0.2, 0.25) is 0 Å². The average Bonchev–Trinajstić information content (AvgIpc) is 3.21. The van der Waals surface area contributed by atoms with Gasteiger partial charge in [-0.15, -0.1) is 0 Å². The second-order valence-corrected chi connectivity index (χ2v) is 4.64. The van der Waals surface area contributed by atoms with Crippen LogP contribution in [0.1, 0.15) is 36.7 Å². The molecule has 5 nitrogen and oxygen atoms in total. The highest BCUT2D eigenvalue weighted by molar-refractivity contribution is 5.87. The van der Waals surface area contributed by atoms with E-state index in [1.54, 1.807) is 6.20 Å². The van der Waals surface area contributed by atoms with Crippen molar-refractivity contribution in [2.24, 2.45) is 5.92 Å². The van der Waals surface area contributed by atoms with Crippen LogP contribution in [0.4, 0.5) is 5.82 Å². The van der Waals surface area contributed by atoms with E-state index in [0.29, 0.717) is 0 Å². The van der Waals surface area contributed by atoms with Gasteiger partial charge in [0.25, 0.3) is 0 Å². The zero-order valence-corrected chi connectivity index (χ0v) is 10.9. The van der Waals surface area contributed by atoms with Crippen LogP contribution in [-0.2, 0) is 4.74 Å². The third-order valence-electron chi connectivity index (χ3n) is 3.01. The van der Waals surface area contributed by atoms with Crippen LogP contribution >= 0.6 is 0 Å². The van der Waals surface area contributed by atoms with Crippen LogP contribution in [0.25, 0.3) is 0 Å². The Bertz CT molecular complexity index is 418. The van der Waals surface area contributed by atoms with Crippen LogP contribution in [0.3, 0.4) is 0 Å². The summed E-state index contributed by atoms with van der Waals surface area (Å²) in [6, 6.07) is 0. The molecule has 0 aliphatic heterocycles. The highest BCUT2D eigenvalue weighted by atomic mass is 16.5. The first-order valence-corrected chi connectivity index (χ1v) is 6.40. The Morgan fingerprint density at radius 3 is 2.89 bits per heavy atom. The lowest BCUT2D eigenvalue weighted by molar-refractivity contribution is 0.0593. The molecule has 1 heterocycles. The van der Waals surface area contributed by atoms with Gasteiger partial charge in [0.2, 0.25) is 0 Å². The number of methoxy groups -OCH3 is 1. The van der Waals surface area contributed by atoms with Gasteiger partial charge in [0, 0.05) is 13.1 Å². The Balaban J connectivity index is 2.14. The molecule has 0 N–H and O–H groups in total. The van der Waals surface area contributed by atoms with E-state index >= 15 is 0 Å². The zero-order valence-electron chi connectivity index (χ0n) is 10.9. The van der Waals surface area contributed by atoms with Crippen molar-refractivity contribution in [3.05, 3.63) is 18.1 Å². The number of hydrogen-bond acceptors (Lipinski definition) is 5. The van der Waals surface area contributed by atoms with Gasteiger partial charge in [0.1, 0.15) is 5.82 Å². The van der Waals surface area contributed by atoms with E-state index in [2.05, 4.69) is 26.5 Å². The Morgan fingerprint density at radius 1 is 1.50 bits per heavy atom. The van der Waals surface area contributed by atoms with Crippen molar-refractivity contribution in [3.8, 4) is 0 Å². The lowest BCUT2D eigenvalue weighted by atomic mass is 10.3. The summed E-state index contributed by atoms with van der Waals surface area (Å²) in [5.41, 5.74) is 0.270. The van der Waals surface area contributed by atoms with Crippen molar-refractivity contribution in [2.45, 2.75) is 26.2 Å². The fourth-order valence-corrected chi connectivity index (χ4v) is 1.89. The SMILES string of the molecule is CCCN(CC1CC1)c1cncc(C(=O)OC)n1. The molecule has 0 saturated heterocycles. The highest BCUT2D eigenvalue weighted by Gasteiger charge is 2.25. The lowest BCUT2D eigenvalue weighted by Crippen LogP contribution is -2.28. The third-order valence-corrected chi connectivity index (χ3v) is 3.01. The number of ether oxygens (including phenoxy) is 1. The number of esters is 1. The van der Waals surface area contributed by atoms with E-state index in [1.807, 2.05) is 0 Å². The fraction of sp³-hybridized carbons (Fsp3) is 0.615. The number of aromatic nitrogens is 2. The van der Waals surface area contributed by atoms with Crippen molar-refractivity contribution in [2.75, 3.05) is 25.1 Å². The first-order valence-electron chi connectivity index (χ1n) is 6.40. The molecule has 5 heteroatoms. The monoisotopic (exact) mass is 249 g/mol. The quantitative estimate of drug-likeness (QED) is 0.721. The minimum Gasteiger partial charge on any atom is -0.464 e. The summed E-state index contributed by atoms with van der Waals surface area (Å²) in [6.07, 6.45) is 6.80. The summed E-state index contributed by atoms with van der Waals surface area (Å²) in [5, 5.41) is 0. The van der Waals surface area contributed by atoms with Gasteiger partial charge < -0.3 is 9.64 Å². The van der Waals surface area contributed by atoms with Crippen molar-refractivity contribution >= 4 is 11.8 Å². The van der Waals surface area contributed by atoms with Crippen LogP contribution in [0.5, 0.6) is 0 Å². The molecule has 1 aliphatic carbocycles. The number of hydrogen-bond donors (Lipinski definition) is 0. The minimum absolute atomic E-state index is 0.270. The summed E-state index contributed by atoms with van der Waals surface area (Å²) in [7, 11) is 1.35. The van der Waals surface area contributed by atoms with Gasteiger partial charge in [-0.3, -0.25) is 4.98 Å². The summed E-state index contributed by atoms with van der Waals surface area (Å²) in [6.45, 7) is 4.08. The fourth-order valence-electron chi connectivity index (χ4n) is 1.89. The molecule has 0 aromatic carbocycles. The van der Waals surface area contributed by atoms with E-state index in [1.165, 1.54) is 26.1 Å². The largest absolute Gasteiger partial charge is 0.464 e. The Kier molecular flexibility index (Phi) is 4.12. The van der Waals surface area contributed by atoms with E-state index in [4.69, 9.17) is 0 Å². The Labute approximate surface area is 107 Å². The van der Waals surface area contributed by atoms with E-state index < -0.39 is 5.97 Å². The van der Waals surface area contributed by atoms with Crippen LogP contribution in [0, 0.1) is 5.92 Å². The first kappa shape index (κ1) is 12.8. The standard InChI is InChI=1S/C13H19N3O2/c1-3-6-16(9-10-4-5-10)12-8-14-7-11(15-12)13(17)18-2/h7-8,10H,3-6,9H2,1-2H3. The lowest BCUT2D eigenvalue weighted by Gasteiger charge is -2.22. The minimum atomic E-state index is -0.438. The summed E-state index contributed by atoms with van der Waals surface area (Å²) in [4.78, 5) is 22.1. The smallest absolute Gasteiger partial charge is 0.358 e. The molecule has 98 valence electrons. The van der Waals surface area contributed by atoms with Crippen LogP contribution in [-0.4, -0.2) is 36.1 Å². The molecule has 18 heavy (non-hydrogen) atoms. The van der Waals surface area contributed by atoms with Crippen molar-refractivity contribution in [3.63, 3.8) is 0 Å². The molecule has 1 aromatic rings. The number of rotatable bonds is 6. The second kappa shape index (κ2) is 5.80. The number of nitrogens with zero attached hydrogens (tertiary/aromatic N) is 3. The third kappa shape index (κ3) is 3.18. The van der Waals surface area contributed by atoms with Gasteiger partial charge in [0.05, 0.1) is 19.5 Å². The summed E-state index contributed by atoms with van der Waals surface area (Å²) < 4.78 is 4.66. The molecule has 0 spiro atoms. The maximum Gasteiger partial charge on any atom is 0.358 e. The van der Waals surface area contributed by atoms with Gasteiger partial charge in [-0.25, -0.2) is 9.78 Å². The summed E-state index contributed by atoms with van der Waals surface area (Å²) >= 11 is 0. The van der Waals surface area contributed by atoms with E-state index in [-0.39, 0.29) is 5.69 Å². The molecule has 1 aliphatic rings. The van der Waals surface area contributed by atoms with Crippen LogP contribution in [0.15, 0.2) is 12.4 Å². The Hall–Kier alpha value is -1.65. The highest BCUT2D eigenvalue weighted by Crippen LogP contribution is 2.30.